The summed E-state index contributed by atoms with van der Waals surface area (Å²) in [7, 11) is 0. The maximum Gasteiger partial charge on any atom is 0.257 e. The van der Waals surface area contributed by atoms with E-state index in [4.69, 9.17) is 4.98 Å². The third-order valence-corrected chi connectivity index (χ3v) is 5.43. The second-order valence-corrected chi connectivity index (χ2v) is 7.24. The van der Waals surface area contributed by atoms with Gasteiger partial charge in [-0.25, -0.2) is 14.6 Å². The molecular weight excluding hydrogens is 378 g/mol. The van der Waals surface area contributed by atoms with Crippen molar-refractivity contribution in [2.45, 2.75) is 6.92 Å². The van der Waals surface area contributed by atoms with Crippen LogP contribution < -0.4 is 4.90 Å². The van der Waals surface area contributed by atoms with E-state index in [1.165, 1.54) is 0 Å². The summed E-state index contributed by atoms with van der Waals surface area (Å²) in [6.07, 6.45) is 5.15. The Morgan fingerprint density at radius 1 is 0.867 bits per heavy atom. The molecule has 0 saturated carbocycles. The number of benzene rings is 1. The largest absolute Gasteiger partial charge is 0.352 e. The van der Waals surface area contributed by atoms with Gasteiger partial charge in [0.25, 0.3) is 5.91 Å². The second-order valence-electron chi connectivity index (χ2n) is 7.24. The number of hydrogen-bond donors (Lipinski definition) is 0. The number of para-hydroxylation sites is 2. The first-order valence-corrected chi connectivity index (χ1v) is 9.93. The number of pyridine rings is 1. The smallest absolute Gasteiger partial charge is 0.257 e. The number of aromatic nitrogens is 5. The van der Waals surface area contributed by atoms with Crippen LogP contribution in [0.15, 0.2) is 61.1 Å². The molecule has 1 fully saturated rings. The van der Waals surface area contributed by atoms with Crippen molar-refractivity contribution in [1.29, 1.82) is 0 Å². The van der Waals surface area contributed by atoms with Crippen molar-refractivity contribution >= 4 is 22.8 Å². The number of amides is 1. The van der Waals surface area contributed by atoms with Crippen molar-refractivity contribution in [3.63, 3.8) is 0 Å². The Balaban J connectivity index is 1.29. The zero-order chi connectivity index (χ0) is 20.5. The molecule has 0 bridgehead atoms. The number of carbonyl (C=O) groups excluding carboxylic acids is 1. The first kappa shape index (κ1) is 18.2. The maximum atomic E-state index is 13.1. The van der Waals surface area contributed by atoms with Crippen LogP contribution in [-0.4, -0.2) is 61.7 Å². The minimum Gasteiger partial charge on any atom is -0.352 e. The molecule has 3 aromatic heterocycles. The van der Waals surface area contributed by atoms with Crippen LogP contribution in [0.1, 0.15) is 16.1 Å². The Hall–Kier alpha value is -3.81. The monoisotopic (exact) mass is 399 g/mol. The van der Waals surface area contributed by atoms with Crippen LogP contribution in [0.25, 0.3) is 16.9 Å². The minimum absolute atomic E-state index is 0.000994. The lowest BCUT2D eigenvalue weighted by atomic mass is 10.2. The van der Waals surface area contributed by atoms with Gasteiger partial charge in [-0.05, 0) is 31.2 Å². The third kappa shape index (κ3) is 3.26. The van der Waals surface area contributed by atoms with E-state index in [9.17, 15) is 4.79 Å². The molecular formula is C22H21N7O. The van der Waals surface area contributed by atoms with E-state index in [0.717, 1.165) is 22.5 Å². The molecule has 8 heteroatoms. The standard InChI is InChI=1S/C22H21N7O/c1-16-17(14-25-29(16)20-8-4-5-9-23-20)22(30)28-12-10-27(11-13-28)21-15-24-18-6-2-3-7-19(18)26-21/h2-9,14-15H,10-13H2,1H3. The number of carbonyl (C=O) groups is 1. The second kappa shape index (κ2) is 7.55. The van der Waals surface area contributed by atoms with Gasteiger partial charge in [-0.15, -0.1) is 0 Å². The lowest BCUT2D eigenvalue weighted by Crippen LogP contribution is -2.49. The number of piperazine rings is 1. The van der Waals surface area contributed by atoms with Crippen LogP contribution in [0.4, 0.5) is 5.82 Å². The van der Waals surface area contributed by atoms with Gasteiger partial charge in [-0.2, -0.15) is 5.10 Å². The van der Waals surface area contributed by atoms with Crippen LogP contribution in [0.5, 0.6) is 0 Å². The minimum atomic E-state index is -0.000994. The molecule has 30 heavy (non-hydrogen) atoms. The average molecular weight is 399 g/mol. The fraction of sp³-hybridized carbons (Fsp3) is 0.227. The zero-order valence-electron chi connectivity index (χ0n) is 16.6. The summed E-state index contributed by atoms with van der Waals surface area (Å²) >= 11 is 0. The highest BCUT2D eigenvalue weighted by Gasteiger charge is 2.26. The van der Waals surface area contributed by atoms with Gasteiger partial charge in [0.05, 0.1) is 34.7 Å². The molecule has 150 valence electrons. The highest BCUT2D eigenvalue weighted by atomic mass is 16.2. The van der Waals surface area contributed by atoms with Crippen LogP contribution in [0.3, 0.4) is 0 Å². The molecule has 4 heterocycles. The first-order valence-electron chi connectivity index (χ1n) is 9.93. The molecule has 1 amide bonds. The van der Waals surface area contributed by atoms with Gasteiger partial charge in [0.2, 0.25) is 0 Å². The molecule has 4 aromatic rings. The van der Waals surface area contributed by atoms with E-state index >= 15 is 0 Å². The summed E-state index contributed by atoms with van der Waals surface area (Å²) in [4.78, 5) is 30.7. The summed E-state index contributed by atoms with van der Waals surface area (Å²) in [6.45, 7) is 4.58. The quantitative estimate of drug-likeness (QED) is 0.527. The van der Waals surface area contributed by atoms with Crippen molar-refractivity contribution in [1.82, 2.24) is 29.6 Å². The lowest BCUT2D eigenvalue weighted by molar-refractivity contribution is 0.0745. The van der Waals surface area contributed by atoms with Crippen LogP contribution >= 0.6 is 0 Å². The van der Waals surface area contributed by atoms with E-state index < -0.39 is 0 Å². The van der Waals surface area contributed by atoms with Gasteiger partial charge >= 0.3 is 0 Å². The van der Waals surface area contributed by atoms with Gasteiger partial charge < -0.3 is 9.80 Å². The molecule has 0 unspecified atom stereocenters. The van der Waals surface area contributed by atoms with Crippen LogP contribution in [0.2, 0.25) is 0 Å². The van der Waals surface area contributed by atoms with Gasteiger partial charge in [-0.1, -0.05) is 18.2 Å². The molecule has 0 spiro atoms. The Morgan fingerprint density at radius 2 is 1.63 bits per heavy atom. The molecule has 0 aliphatic carbocycles. The molecule has 0 N–H and O–H groups in total. The molecule has 1 aliphatic heterocycles. The number of fused-ring (bicyclic) bond motifs is 1. The SMILES string of the molecule is Cc1c(C(=O)N2CCN(c3cnc4ccccc4n3)CC2)cnn1-c1ccccn1. The summed E-state index contributed by atoms with van der Waals surface area (Å²) < 4.78 is 1.70. The lowest BCUT2D eigenvalue weighted by Gasteiger charge is -2.35. The number of rotatable bonds is 3. The Morgan fingerprint density at radius 3 is 2.40 bits per heavy atom. The van der Waals surface area contributed by atoms with Crippen molar-refractivity contribution in [2.75, 3.05) is 31.1 Å². The van der Waals surface area contributed by atoms with Gasteiger partial charge in [0.1, 0.15) is 5.82 Å². The van der Waals surface area contributed by atoms with E-state index in [1.54, 1.807) is 23.3 Å². The van der Waals surface area contributed by atoms with E-state index in [1.807, 2.05) is 54.3 Å². The normalized spacial score (nSPS) is 14.3. The topological polar surface area (TPSA) is 80.0 Å². The molecule has 8 nitrogen and oxygen atoms in total. The first-order chi connectivity index (χ1) is 14.7. The molecule has 0 radical (unpaired) electrons. The Bertz CT molecular complexity index is 1200. The Kier molecular flexibility index (Phi) is 4.59. The van der Waals surface area contributed by atoms with Gasteiger partial charge in [-0.3, -0.25) is 9.78 Å². The van der Waals surface area contributed by atoms with Crippen LogP contribution in [0, 0.1) is 6.92 Å². The van der Waals surface area contributed by atoms with E-state index in [0.29, 0.717) is 37.6 Å². The number of nitrogens with zero attached hydrogens (tertiary/aromatic N) is 7. The predicted molar refractivity (Wildman–Crippen MR) is 114 cm³/mol. The molecule has 5 rings (SSSR count). The van der Waals surface area contributed by atoms with Crippen molar-refractivity contribution < 1.29 is 4.79 Å². The highest BCUT2D eigenvalue weighted by Crippen LogP contribution is 2.19. The van der Waals surface area contributed by atoms with Crippen molar-refractivity contribution in [3.05, 3.63) is 72.3 Å². The highest BCUT2D eigenvalue weighted by molar-refractivity contribution is 5.95. The fourth-order valence-electron chi connectivity index (χ4n) is 3.74. The average Bonchev–Trinajstić information content (AvgIpc) is 3.20. The molecule has 1 aromatic carbocycles. The third-order valence-electron chi connectivity index (χ3n) is 5.43. The summed E-state index contributed by atoms with van der Waals surface area (Å²) in [5, 5.41) is 4.37. The maximum absolute atomic E-state index is 13.1. The van der Waals surface area contributed by atoms with E-state index in [2.05, 4.69) is 20.0 Å². The Labute approximate surface area is 173 Å². The van der Waals surface area contributed by atoms with Crippen LogP contribution in [-0.2, 0) is 0 Å². The summed E-state index contributed by atoms with van der Waals surface area (Å²) in [5.74, 6) is 1.55. The number of anilines is 1. The fourth-order valence-corrected chi connectivity index (χ4v) is 3.74. The zero-order valence-corrected chi connectivity index (χ0v) is 16.6. The molecule has 1 aliphatic rings. The number of hydrogen-bond acceptors (Lipinski definition) is 6. The van der Waals surface area contributed by atoms with E-state index in [-0.39, 0.29) is 5.91 Å². The predicted octanol–water partition coefficient (Wildman–Crippen LogP) is 2.48. The summed E-state index contributed by atoms with van der Waals surface area (Å²) in [6, 6.07) is 13.5. The van der Waals surface area contributed by atoms with Gasteiger partial charge in [0.15, 0.2) is 5.82 Å². The van der Waals surface area contributed by atoms with Crippen molar-refractivity contribution in [3.8, 4) is 5.82 Å². The molecule has 1 saturated heterocycles. The molecule has 0 atom stereocenters. The van der Waals surface area contributed by atoms with Crippen molar-refractivity contribution in [2.24, 2.45) is 0 Å². The van der Waals surface area contributed by atoms with Gasteiger partial charge in [0, 0.05) is 32.4 Å². The summed E-state index contributed by atoms with van der Waals surface area (Å²) in [5.41, 5.74) is 3.17.